The molecule has 0 aliphatic carbocycles. The third kappa shape index (κ3) is 10.1. The maximum absolute atomic E-state index is 4.56. The standard InChI is InChI=1S/C3H7NS2.Na.H2O/c1-4(2)3(5)6;;/h1-2H3,(H,5,6);;1H2/q;+1;/p-1. The summed E-state index contributed by atoms with van der Waals surface area (Å²) in [5.74, 6) is 0. The van der Waals surface area contributed by atoms with E-state index in [1.165, 1.54) is 0 Å². The van der Waals surface area contributed by atoms with E-state index in [-0.39, 0.29) is 35.0 Å². The maximum Gasteiger partial charge on any atom is 1.00 e. The van der Waals surface area contributed by atoms with E-state index in [1.54, 1.807) is 4.90 Å². The van der Waals surface area contributed by atoms with Crippen molar-refractivity contribution in [1.29, 1.82) is 0 Å². The predicted octanol–water partition coefficient (Wildman–Crippen LogP) is -3.44. The van der Waals surface area contributed by atoms with Crippen molar-refractivity contribution in [2.24, 2.45) is 0 Å². The average molecular weight is 161 g/mol. The number of hydrogen-bond donors (Lipinski definition) is 0. The molecule has 0 saturated heterocycles. The summed E-state index contributed by atoms with van der Waals surface area (Å²) in [7, 11) is 3.66. The second-order valence-electron chi connectivity index (χ2n) is 1.16. The van der Waals surface area contributed by atoms with Crippen LogP contribution in [0.3, 0.4) is 0 Å². The van der Waals surface area contributed by atoms with Crippen LogP contribution < -0.4 is 29.6 Å². The molecule has 0 aromatic heterocycles. The summed E-state index contributed by atoms with van der Waals surface area (Å²) in [5.41, 5.74) is 0. The van der Waals surface area contributed by atoms with Crippen LogP contribution in [-0.4, -0.2) is 28.8 Å². The van der Waals surface area contributed by atoms with Gasteiger partial charge in [0.15, 0.2) is 0 Å². The van der Waals surface area contributed by atoms with Crippen LogP contribution in [0.5, 0.6) is 0 Å². The molecule has 0 rings (SSSR count). The van der Waals surface area contributed by atoms with E-state index in [0.717, 1.165) is 0 Å². The summed E-state index contributed by atoms with van der Waals surface area (Å²) in [4.78, 5) is 1.71. The van der Waals surface area contributed by atoms with Gasteiger partial charge in [0.25, 0.3) is 0 Å². The van der Waals surface area contributed by atoms with Gasteiger partial charge < -0.3 is 35.2 Å². The van der Waals surface area contributed by atoms with Crippen molar-refractivity contribution < 1.29 is 35.0 Å². The first-order chi connectivity index (χ1) is 2.64. The van der Waals surface area contributed by atoms with Crippen molar-refractivity contribution in [2.75, 3.05) is 14.1 Å². The first kappa shape index (κ1) is 16.0. The molecule has 0 fully saturated rings. The van der Waals surface area contributed by atoms with Crippen molar-refractivity contribution in [2.45, 2.75) is 0 Å². The number of nitrogens with zero attached hydrogens (tertiary/aromatic N) is 1. The molecule has 0 spiro atoms. The molecule has 0 radical (unpaired) electrons. The quantitative estimate of drug-likeness (QED) is 0.211. The van der Waals surface area contributed by atoms with Gasteiger partial charge in [-0.2, -0.15) is 0 Å². The Morgan fingerprint density at radius 2 is 1.62 bits per heavy atom. The van der Waals surface area contributed by atoms with Crippen molar-refractivity contribution >= 4 is 29.2 Å². The fourth-order valence-corrected chi connectivity index (χ4v) is 0. The van der Waals surface area contributed by atoms with Gasteiger partial charge >= 0.3 is 29.6 Å². The molecule has 0 bridgehead atoms. The minimum absolute atomic E-state index is 0. The summed E-state index contributed by atoms with van der Waals surface area (Å²) < 4.78 is 0.509. The van der Waals surface area contributed by atoms with Gasteiger partial charge in [-0.3, -0.25) is 0 Å². The average Bonchev–Trinajstić information content (AvgIpc) is 1.36. The molecule has 2 N–H and O–H groups in total. The minimum Gasteiger partial charge on any atom is -0.412 e. The molecule has 0 atom stereocenters. The van der Waals surface area contributed by atoms with E-state index >= 15 is 0 Å². The Morgan fingerprint density at radius 1 is 1.50 bits per heavy atom. The topological polar surface area (TPSA) is 34.7 Å². The molecule has 0 aliphatic heterocycles. The van der Waals surface area contributed by atoms with E-state index < -0.39 is 0 Å². The zero-order chi connectivity index (χ0) is 5.15. The van der Waals surface area contributed by atoms with Gasteiger partial charge in [0, 0.05) is 14.1 Å². The minimum atomic E-state index is 0. The maximum atomic E-state index is 4.56. The van der Waals surface area contributed by atoms with Crippen LogP contribution >= 0.6 is 12.2 Å². The van der Waals surface area contributed by atoms with E-state index in [4.69, 9.17) is 0 Å². The molecule has 8 heavy (non-hydrogen) atoms. The normalized spacial score (nSPS) is 5.75. The van der Waals surface area contributed by atoms with E-state index in [0.29, 0.717) is 4.32 Å². The van der Waals surface area contributed by atoms with Crippen LogP contribution in [0.1, 0.15) is 0 Å². The smallest absolute Gasteiger partial charge is 0.412 e. The van der Waals surface area contributed by atoms with Gasteiger partial charge in [-0.1, -0.05) is 4.32 Å². The van der Waals surface area contributed by atoms with Gasteiger partial charge in [0.2, 0.25) is 0 Å². The second-order valence-corrected chi connectivity index (χ2v) is 2.19. The Balaban J connectivity index is -0.000000125. The summed E-state index contributed by atoms with van der Waals surface area (Å²) in [6.45, 7) is 0. The molecule has 0 amide bonds. The van der Waals surface area contributed by atoms with Crippen molar-refractivity contribution in [1.82, 2.24) is 4.90 Å². The molecule has 0 aromatic rings. The summed E-state index contributed by atoms with van der Waals surface area (Å²) >= 11 is 9.12. The first-order valence-electron chi connectivity index (χ1n) is 1.53. The summed E-state index contributed by atoms with van der Waals surface area (Å²) in [6.07, 6.45) is 0. The number of rotatable bonds is 0. The number of thiocarbonyl (C=S) groups is 1. The van der Waals surface area contributed by atoms with Gasteiger partial charge in [-0.05, 0) is 0 Å². The largest absolute Gasteiger partial charge is 1.00 e. The van der Waals surface area contributed by atoms with E-state index in [2.05, 4.69) is 24.8 Å². The molecule has 0 heterocycles. The molecule has 0 saturated carbocycles. The van der Waals surface area contributed by atoms with Crippen LogP contribution in [-0.2, 0) is 12.6 Å². The molecular weight excluding hydrogens is 153 g/mol. The van der Waals surface area contributed by atoms with Crippen LogP contribution in [0.2, 0.25) is 0 Å². The van der Waals surface area contributed by atoms with Crippen LogP contribution in [0.4, 0.5) is 0 Å². The molecule has 0 aliphatic rings. The molecule has 0 aromatic carbocycles. The molecular formula is C3H8NNaOS2. The van der Waals surface area contributed by atoms with Gasteiger partial charge in [0.05, 0.1) is 0 Å². The van der Waals surface area contributed by atoms with Crippen molar-refractivity contribution in [3.05, 3.63) is 0 Å². The van der Waals surface area contributed by atoms with Crippen LogP contribution in [0.15, 0.2) is 0 Å². The van der Waals surface area contributed by atoms with E-state index in [1.807, 2.05) is 14.1 Å². The molecule has 2 nitrogen and oxygen atoms in total. The fourth-order valence-electron chi connectivity index (χ4n) is 0. The number of hydrogen-bond acceptors (Lipinski definition) is 2. The van der Waals surface area contributed by atoms with Crippen LogP contribution in [0, 0.1) is 0 Å². The zero-order valence-corrected chi connectivity index (χ0v) is 8.90. The van der Waals surface area contributed by atoms with Crippen molar-refractivity contribution in [3.63, 3.8) is 0 Å². The van der Waals surface area contributed by atoms with Crippen LogP contribution in [0.25, 0.3) is 0 Å². The second kappa shape index (κ2) is 8.07. The molecule has 44 valence electrons. The van der Waals surface area contributed by atoms with Gasteiger partial charge in [-0.15, -0.1) is 0 Å². The Bertz CT molecular complexity index is 68.3. The zero-order valence-electron chi connectivity index (χ0n) is 5.26. The summed E-state index contributed by atoms with van der Waals surface area (Å²) in [6, 6.07) is 0. The van der Waals surface area contributed by atoms with Gasteiger partial charge in [-0.25, -0.2) is 0 Å². The Hall–Kier alpha value is 1.07. The SMILES string of the molecule is CN(C)C(=S)[S-].O.[Na+]. The predicted molar refractivity (Wildman–Crippen MR) is 37.3 cm³/mol. The Morgan fingerprint density at radius 3 is 1.62 bits per heavy atom. The third-order valence-electron chi connectivity index (χ3n) is 0.365. The van der Waals surface area contributed by atoms with Gasteiger partial charge in [0.1, 0.15) is 0 Å². The molecule has 5 heteroatoms. The molecule has 0 unspecified atom stereocenters. The Kier molecular flexibility index (Phi) is 16.2. The van der Waals surface area contributed by atoms with Crippen molar-refractivity contribution in [3.8, 4) is 0 Å². The monoisotopic (exact) mass is 161 g/mol. The fraction of sp³-hybridized carbons (Fsp3) is 0.667. The van der Waals surface area contributed by atoms with E-state index in [9.17, 15) is 0 Å². The summed E-state index contributed by atoms with van der Waals surface area (Å²) in [5, 5.41) is 0. The third-order valence-corrected chi connectivity index (χ3v) is 1.10. The first-order valence-corrected chi connectivity index (χ1v) is 2.34. The Labute approximate surface area is 82.6 Å².